The minimum atomic E-state index is 0. The fraction of sp³-hybridized carbons (Fsp3) is 0.458. The van der Waals surface area contributed by atoms with Crippen LogP contribution in [-0.2, 0) is 6.54 Å². The highest BCUT2D eigenvalue weighted by Gasteiger charge is 2.20. The summed E-state index contributed by atoms with van der Waals surface area (Å²) in [6.07, 6.45) is 2.27. The first kappa shape index (κ1) is 24.5. The summed E-state index contributed by atoms with van der Waals surface area (Å²) < 4.78 is 5.50. The molecule has 30 heavy (non-hydrogen) atoms. The second kappa shape index (κ2) is 12.8. The van der Waals surface area contributed by atoms with Crippen molar-refractivity contribution >= 4 is 29.9 Å². The number of rotatable bonds is 7. The predicted octanol–water partition coefficient (Wildman–Crippen LogP) is 4.25. The summed E-state index contributed by atoms with van der Waals surface area (Å²) in [5.41, 5.74) is 2.61. The van der Waals surface area contributed by atoms with E-state index in [-0.39, 0.29) is 24.0 Å². The summed E-state index contributed by atoms with van der Waals surface area (Å²) in [7, 11) is 3.57. The first-order chi connectivity index (χ1) is 14.2. The highest BCUT2D eigenvalue weighted by Crippen LogP contribution is 2.25. The fourth-order valence-electron chi connectivity index (χ4n) is 3.90. The second-order valence-corrected chi connectivity index (χ2v) is 7.78. The lowest BCUT2D eigenvalue weighted by molar-refractivity contribution is 0.198. The van der Waals surface area contributed by atoms with E-state index < -0.39 is 0 Å². The van der Waals surface area contributed by atoms with Crippen molar-refractivity contribution in [3.63, 3.8) is 0 Å². The minimum absolute atomic E-state index is 0. The number of nitrogens with zero attached hydrogens (tertiary/aromatic N) is 2. The third-order valence-corrected chi connectivity index (χ3v) is 5.65. The lowest BCUT2D eigenvalue weighted by atomic mass is 10.00. The molecule has 0 saturated carbocycles. The molecule has 2 N–H and O–H groups in total. The van der Waals surface area contributed by atoms with Crippen LogP contribution in [0.5, 0.6) is 5.75 Å². The van der Waals surface area contributed by atoms with Gasteiger partial charge in [-0.1, -0.05) is 55.5 Å². The third-order valence-electron chi connectivity index (χ3n) is 5.65. The number of hydrogen-bond acceptors (Lipinski definition) is 3. The summed E-state index contributed by atoms with van der Waals surface area (Å²) in [6, 6.07) is 19.4. The number of likely N-dealkylation sites (tertiary alicyclic amines) is 1. The van der Waals surface area contributed by atoms with Crippen molar-refractivity contribution in [2.24, 2.45) is 4.99 Å². The van der Waals surface area contributed by atoms with Gasteiger partial charge in [0.1, 0.15) is 5.75 Å². The van der Waals surface area contributed by atoms with Gasteiger partial charge in [-0.3, -0.25) is 9.89 Å². The number of guanidine groups is 1. The quantitative estimate of drug-likeness (QED) is 0.325. The van der Waals surface area contributed by atoms with Gasteiger partial charge in [0.15, 0.2) is 5.96 Å². The number of aliphatic imine (C=N–C) groups is 1. The summed E-state index contributed by atoms with van der Waals surface area (Å²) in [5, 5.41) is 7.09. The number of para-hydroxylation sites is 1. The van der Waals surface area contributed by atoms with E-state index in [0.29, 0.717) is 12.0 Å². The Kier molecular flexibility index (Phi) is 10.4. The van der Waals surface area contributed by atoms with Crippen LogP contribution < -0.4 is 15.4 Å². The van der Waals surface area contributed by atoms with Gasteiger partial charge in [0, 0.05) is 45.2 Å². The molecule has 1 unspecified atom stereocenters. The van der Waals surface area contributed by atoms with Gasteiger partial charge in [-0.05, 0) is 30.0 Å². The van der Waals surface area contributed by atoms with Crippen LogP contribution in [-0.4, -0.2) is 50.7 Å². The van der Waals surface area contributed by atoms with Crippen LogP contribution in [0.4, 0.5) is 0 Å². The molecular formula is C24H35IN4O. The molecule has 5 nitrogen and oxygen atoms in total. The van der Waals surface area contributed by atoms with Gasteiger partial charge in [-0.2, -0.15) is 0 Å². The van der Waals surface area contributed by atoms with Gasteiger partial charge in [0.2, 0.25) is 0 Å². The fourth-order valence-corrected chi connectivity index (χ4v) is 3.90. The molecular weight excluding hydrogens is 487 g/mol. The SMILES string of the molecule is CN=C(NCC(C)c1ccccc1OC)NC1CCN(Cc2ccccc2)CC1.I. The van der Waals surface area contributed by atoms with E-state index >= 15 is 0 Å². The van der Waals surface area contributed by atoms with E-state index in [2.05, 4.69) is 69.9 Å². The van der Waals surface area contributed by atoms with Crippen molar-refractivity contribution in [2.75, 3.05) is 33.8 Å². The zero-order valence-corrected chi connectivity index (χ0v) is 20.6. The standard InChI is InChI=1S/C24H34N4O.HI/c1-19(22-11-7-8-12-23(22)29-3)17-26-24(25-2)27-21-13-15-28(16-14-21)18-20-9-5-4-6-10-20;/h4-12,19,21H,13-18H2,1-3H3,(H2,25,26,27);1H. The molecule has 164 valence electrons. The van der Waals surface area contributed by atoms with Crippen LogP contribution >= 0.6 is 24.0 Å². The van der Waals surface area contributed by atoms with E-state index in [1.54, 1.807) is 7.11 Å². The number of hydrogen-bond donors (Lipinski definition) is 2. The number of halogens is 1. The Hall–Kier alpha value is -1.80. The number of methoxy groups -OCH3 is 1. The van der Waals surface area contributed by atoms with E-state index in [9.17, 15) is 0 Å². The van der Waals surface area contributed by atoms with Crippen molar-refractivity contribution < 1.29 is 4.74 Å². The van der Waals surface area contributed by atoms with Crippen LogP contribution in [0, 0.1) is 0 Å². The second-order valence-electron chi connectivity index (χ2n) is 7.78. The Morgan fingerprint density at radius 3 is 2.43 bits per heavy atom. The van der Waals surface area contributed by atoms with Crippen LogP contribution in [0.1, 0.15) is 36.8 Å². The maximum Gasteiger partial charge on any atom is 0.191 e. The maximum atomic E-state index is 5.50. The van der Waals surface area contributed by atoms with Crippen molar-refractivity contribution in [3.05, 3.63) is 65.7 Å². The summed E-state index contributed by atoms with van der Waals surface area (Å²) in [6.45, 7) is 6.28. The van der Waals surface area contributed by atoms with Crippen LogP contribution in [0.3, 0.4) is 0 Å². The monoisotopic (exact) mass is 522 g/mol. The smallest absolute Gasteiger partial charge is 0.191 e. The van der Waals surface area contributed by atoms with Crippen LogP contribution in [0.25, 0.3) is 0 Å². The molecule has 1 saturated heterocycles. The Labute approximate surface area is 198 Å². The van der Waals surface area contributed by atoms with Gasteiger partial charge in [-0.15, -0.1) is 24.0 Å². The molecule has 2 aromatic carbocycles. The highest BCUT2D eigenvalue weighted by atomic mass is 127. The molecule has 0 aromatic heterocycles. The van der Waals surface area contributed by atoms with Crippen molar-refractivity contribution in [1.82, 2.24) is 15.5 Å². The highest BCUT2D eigenvalue weighted by molar-refractivity contribution is 14.0. The van der Waals surface area contributed by atoms with Gasteiger partial charge < -0.3 is 15.4 Å². The molecule has 0 amide bonds. The van der Waals surface area contributed by atoms with Crippen LogP contribution in [0.15, 0.2) is 59.6 Å². The molecule has 3 rings (SSSR count). The van der Waals surface area contributed by atoms with E-state index in [1.807, 2.05) is 19.2 Å². The first-order valence-corrected chi connectivity index (χ1v) is 10.6. The molecule has 1 heterocycles. The van der Waals surface area contributed by atoms with Gasteiger partial charge in [0.25, 0.3) is 0 Å². The Bertz CT molecular complexity index is 776. The number of nitrogens with one attached hydrogen (secondary N) is 2. The zero-order valence-electron chi connectivity index (χ0n) is 18.3. The van der Waals surface area contributed by atoms with Crippen molar-refractivity contribution in [1.29, 1.82) is 0 Å². The first-order valence-electron chi connectivity index (χ1n) is 10.6. The molecule has 2 aromatic rings. The molecule has 1 fully saturated rings. The topological polar surface area (TPSA) is 48.9 Å². The summed E-state index contributed by atoms with van der Waals surface area (Å²) >= 11 is 0. The third kappa shape index (κ3) is 7.16. The molecule has 0 spiro atoms. The number of piperidine rings is 1. The van der Waals surface area contributed by atoms with Gasteiger partial charge in [-0.25, -0.2) is 0 Å². The average Bonchev–Trinajstić information content (AvgIpc) is 2.78. The largest absolute Gasteiger partial charge is 0.496 e. The van der Waals surface area contributed by atoms with Crippen molar-refractivity contribution in [3.8, 4) is 5.75 Å². The molecule has 0 bridgehead atoms. The molecule has 0 radical (unpaired) electrons. The zero-order chi connectivity index (χ0) is 20.5. The molecule has 0 aliphatic carbocycles. The lowest BCUT2D eigenvalue weighted by Gasteiger charge is -2.33. The average molecular weight is 522 g/mol. The molecule has 1 aliphatic heterocycles. The summed E-state index contributed by atoms with van der Waals surface area (Å²) in [4.78, 5) is 6.96. The minimum Gasteiger partial charge on any atom is -0.496 e. The number of benzene rings is 2. The predicted molar refractivity (Wildman–Crippen MR) is 136 cm³/mol. The van der Waals surface area contributed by atoms with E-state index in [4.69, 9.17) is 4.74 Å². The molecule has 1 aliphatic rings. The van der Waals surface area contributed by atoms with Gasteiger partial charge >= 0.3 is 0 Å². The maximum absolute atomic E-state index is 5.50. The Morgan fingerprint density at radius 1 is 1.10 bits per heavy atom. The molecule has 6 heteroatoms. The Morgan fingerprint density at radius 2 is 1.77 bits per heavy atom. The van der Waals surface area contributed by atoms with Gasteiger partial charge in [0.05, 0.1) is 7.11 Å². The summed E-state index contributed by atoms with van der Waals surface area (Å²) in [5.74, 6) is 2.15. The lowest BCUT2D eigenvalue weighted by Crippen LogP contribution is -2.49. The van der Waals surface area contributed by atoms with Crippen LogP contribution in [0.2, 0.25) is 0 Å². The molecule has 1 atom stereocenters. The van der Waals surface area contributed by atoms with E-state index in [0.717, 1.165) is 50.7 Å². The Balaban J connectivity index is 0.00000320. The normalized spacial score (nSPS) is 16.4. The van der Waals surface area contributed by atoms with E-state index in [1.165, 1.54) is 11.1 Å². The van der Waals surface area contributed by atoms with Crippen molar-refractivity contribution in [2.45, 2.75) is 38.3 Å². The number of ether oxygens (including phenoxy) is 1.